The highest BCUT2D eigenvalue weighted by molar-refractivity contribution is 6.32. The van der Waals surface area contributed by atoms with Crippen molar-refractivity contribution in [1.29, 1.82) is 0 Å². The first kappa shape index (κ1) is 25.9. The van der Waals surface area contributed by atoms with Gasteiger partial charge in [0, 0.05) is 0 Å². The summed E-state index contributed by atoms with van der Waals surface area (Å²) in [6.07, 6.45) is 1.37. The van der Waals surface area contributed by atoms with E-state index < -0.39 is 11.5 Å². The highest BCUT2D eigenvalue weighted by Crippen LogP contribution is 2.36. The minimum Gasteiger partial charge on any atom is -0.493 e. The van der Waals surface area contributed by atoms with Crippen molar-refractivity contribution in [2.75, 3.05) is 7.11 Å². The molecule has 0 aliphatic rings. The predicted molar refractivity (Wildman–Crippen MR) is 140 cm³/mol. The Morgan fingerprint density at radius 3 is 2.24 bits per heavy atom. The van der Waals surface area contributed by atoms with Crippen LogP contribution in [0, 0.1) is 5.82 Å². The Hall–Kier alpha value is -4.20. The molecule has 4 rings (SSSR count). The summed E-state index contributed by atoms with van der Waals surface area (Å²) in [7, 11) is 1.46. The molecule has 188 valence electrons. The third-order valence-electron chi connectivity index (χ3n) is 5.62. The Morgan fingerprint density at radius 2 is 1.65 bits per heavy atom. The molecule has 4 aromatic carbocycles. The monoisotopic (exact) mass is 518 g/mol. The molecule has 0 fully saturated rings. The van der Waals surface area contributed by atoms with Crippen LogP contribution in [0.5, 0.6) is 11.5 Å². The summed E-state index contributed by atoms with van der Waals surface area (Å²) in [4.78, 5) is 13.2. The molecule has 0 unspecified atom stereocenters. The molecule has 0 aromatic heterocycles. The number of hydrogen-bond donors (Lipinski definition) is 2. The SMILES string of the molecule is COc1cc(/C=N\NC(=O)C(O)(c2ccccc2)c2ccccc2)cc(Cl)c1OCc1cccc(F)c1. The fraction of sp³-hybridized carbons (Fsp3) is 0.103. The minimum atomic E-state index is -1.95. The summed E-state index contributed by atoms with van der Waals surface area (Å²) in [5.74, 6) is -0.465. The lowest BCUT2D eigenvalue weighted by molar-refractivity contribution is -0.136. The van der Waals surface area contributed by atoms with E-state index in [1.807, 2.05) is 0 Å². The number of hydrogen-bond acceptors (Lipinski definition) is 5. The van der Waals surface area contributed by atoms with Crippen LogP contribution in [0.4, 0.5) is 4.39 Å². The number of hydrazone groups is 1. The predicted octanol–water partition coefficient (Wildman–Crippen LogP) is 5.45. The molecule has 0 heterocycles. The fourth-order valence-electron chi connectivity index (χ4n) is 3.77. The van der Waals surface area contributed by atoms with Gasteiger partial charge in [0.15, 0.2) is 17.1 Å². The van der Waals surface area contributed by atoms with Crippen LogP contribution in [0.1, 0.15) is 22.3 Å². The van der Waals surface area contributed by atoms with E-state index in [-0.39, 0.29) is 23.2 Å². The third kappa shape index (κ3) is 5.97. The number of amides is 1. The lowest BCUT2D eigenvalue weighted by Gasteiger charge is -2.27. The number of rotatable bonds is 9. The average molecular weight is 519 g/mol. The molecule has 0 radical (unpaired) electrons. The Morgan fingerprint density at radius 1 is 1.00 bits per heavy atom. The minimum absolute atomic E-state index is 0.0922. The Kier molecular flexibility index (Phi) is 8.18. The van der Waals surface area contributed by atoms with Crippen LogP contribution < -0.4 is 14.9 Å². The van der Waals surface area contributed by atoms with Crippen molar-refractivity contribution in [3.63, 3.8) is 0 Å². The normalized spacial score (nSPS) is 11.4. The second kappa shape index (κ2) is 11.7. The molecular formula is C29H24ClFN2O4. The van der Waals surface area contributed by atoms with Crippen molar-refractivity contribution in [2.24, 2.45) is 5.10 Å². The van der Waals surface area contributed by atoms with Crippen LogP contribution >= 0.6 is 11.6 Å². The molecule has 4 aromatic rings. The van der Waals surface area contributed by atoms with Gasteiger partial charge < -0.3 is 14.6 Å². The van der Waals surface area contributed by atoms with E-state index in [0.29, 0.717) is 28.0 Å². The smallest absolute Gasteiger partial charge is 0.281 e. The van der Waals surface area contributed by atoms with Crippen molar-refractivity contribution < 1.29 is 23.8 Å². The molecule has 8 heteroatoms. The average Bonchev–Trinajstić information content (AvgIpc) is 2.92. The van der Waals surface area contributed by atoms with Gasteiger partial charge >= 0.3 is 0 Å². The maximum Gasteiger partial charge on any atom is 0.281 e. The van der Waals surface area contributed by atoms with Gasteiger partial charge in [-0.05, 0) is 46.5 Å². The zero-order valence-electron chi connectivity index (χ0n) is 19.9. The van der Waals surface area contributed by atoms with Gasteiger partial charge in [-0.2, -0.15) is 5.10 Å². The lowest BCUT2D eigenvalue weighted by Crippen LogP contribution is -2.43. The number of carbonyl (C=O) groups excluding carboxylic acids is 1. The quantitative estimate of drug-likeness (QED) is 0.228. The first-order valence-electron chi connectivity index (χ1n) is 11.3. The van der Waals surface area contributed by atoms with E-state index in [0.717, 1.165) is 0 Å². The second-order valence-corrected chi connectivity index (χ2v) is 8.50. The van der Waals surface area contributed by atoms with E-state index >= 15 is 0 Å². The van der Waals surface area contributed by atoms with Gasteiger partial charge in [0.1, 0.15) is 12.4 Å². The molecule has 0 spiro atoms. The summed E-state index contributed by atoms with van der Waals surface area (Å²) in [5.41, 5.74) is 2.42. The van der Waals surface area contributed by atoms with Gasteiger partial charge in [0.25, 0.3) is 5.91 Å². The number of methoxy groups -OCH3 is 1. The molecule has 37 heavy (non-hydrogen) atoms. The summed E-state index contributed by atoms with van der Waals surface area (Å²) < 4.78 is 24.6. The van der Waals surface area contributed by atoms with Crippen LogP contribution in [0.25, 0.3) is 0 Å². The molecule has 1 amide bonds. The topological polar surface area (TPSA) is 80.2 Å². The van der Waals surface area contributed by atoms with Gasteiger partial charge in [-0.1, -0.05) is 84.4 Å². The molecule has 0 saturated heterocycles. The molecule has 0 aliphatic heterocycles. The van der Waals surface area contributed by atoms with Crippen molar-refractivity contribution in [3.8, 4) is 11.5 Å². The number of halogens is 2. The van der Waals surface area contributed by atoms with Crippen LogP contribution in [0.15, 0.2) is 102 Å². The lowest BCUT2D eigenvalue weighted by atomic mass is 9.85. The maximum atomic E-state index is 13.4. The Bertz CT molecular complexity index is 1360. The first-order chi connectivity index (χ1) is 17.9. The van der Waals surface area contributed by atoms with Gasteiger partial charge in [-0.15, -0.1) is 0 Å². The molecular weight excluding hydrogens is 495 g/mol. The van der Waals surface area contributed by atoms with Crippen molar-refractivity contribution in [2.45, 2.75) is 12.2 Å². The number of nitrogens with one attached hydrogen (secondary N) is 1. The largest absolute Gasteiger partial charge is 0.493 e. The third-order valence-corrected chi connectivity index (χ3v) is 5.90. The van der Waals surface area contributed by atoms with Gasteiger partial charge in [0.05, 0.1) is 18.3 Å². The van der Waals surface area contributed by atoms with Gasteiger partial charge in [-0.25, -0.2) is 9.82 Å². The zero-order chi connectivity index (χ0) is 26.3. The fourth-order valence-corrected chi connectivity index (χ4v) is 4.04. The summed E-state index contributed by atoms with van der Waals surface area (Å²) in [6, 6.07) is 26.5. The molecule has 0 bridgehead atoms. The van der Waals surface area contributed by atoms with Crippen molar-refractivity contribution in [3.05, 3.63) is 130 Å². The number of aliphatic hydroxyl groups is 1. The first-order valence-corrected chi connectivity index (χ1v) is 11.7. The standard InChI is InChI=1S/C29H24ClFN2O4/c1-36-26-17-21(16-25(30)27(26)37-19-20-9-8-14-24(31)15-20)18-32-33-28(34)29(35,22-10-4-2-5-11-22)23-12-6-3-7-13-23/h2-18,35H,19H2,1H3,(H,33,34)/b32-18-. The summed E-state index contributed by atoms with van der Waals surface area (Å²) in [6.45, 7) is 0.0922. The van der Waals surface area contributed by atoms with Crippen LogP contribution in [-0.2, 0) is 17.0 Å². The maximum absolute atomic E-state index is 13.4. The number of ether oxygens (including phenoxy) is 2. The number of benzene rings is 4. The molecule has 0 atom stereocenters. The molecule has 6 nitrogen and oxygen atoms in total. The van der Waals surface area contributed by atoms with E-state index in [1.165, 1.54) is 25.5 Å². The van der Waals surface area contributed by atoms with E-state index in [4.69, 9.17) is 21.1 Å². The zero-order valence-corrected chi connectivity index (χ0v) is 20.7. The molecule has 0 aliphatic carbocycles. The van der Waals surface area contributed by atoms with Crippen LogP contribution in [0.3, 0.4) is 0 Å². The summed E-state index contributed by atoms with van der Waals surface area (Å²) in [5, 5.41) is 15.8. The highest BCUT2D eigenvalue weighted by atomic mass is 35.5. The second-order valence-electron chi connectivity index (χ2n) is 8.09. The van der Waals surface area contributed by atoms with Gasteiger partial charge in [0.2, 0.25) is 0 Å². The highest BCUT2D eigenvalue weighted by Gasteiger charge is 2.39. The number of nitrogens with zero attached hydrogens (tertiary/aromatic N) is 1. The van der Waals surface area contributed by atoms with E-state index in [1.54, 1.807) is 84.9 Å². The molecule has 0 saturated carbocycles. The van der Waals surface area contributed by atoms with E-state index in [2.05, 4.69) is 10.5 Å². The van der Waals surface area contributed by atoms with E-state index in [9.17, 15) is 14.3 Å². The summed E-state index contributed by atoms with van der Waals surface area (Å²) >= 11 is 6.42. The van der Waals surface area contributed by atoms with Crippen LogP contribution in [-0.4, -0.2) is 24.3 Å². The number of carbonyl (C=O) groups is 1. The molecule has 2 N–H and O–H groups in total. The van der Waals surface area contributed by atoms with Gasteiger partial charge in [-0.3, -0.25) is 4.79 Å². The Labute approximate surface area is 218 Å². The van der Waals surface area contributed by atoms with Crippen molar-refractivity contribution >= 4 is 23.7 Å². The van der Waals surface area contributed by atoms with Crippen molar-refractivity contribution in [1.82, 2.24) is 5.43 Å². The Balaban J connectivity index is 1.52. The van der Waals surface area contributed by atoms with Crippen LogP contribution in [0.2, 0.25) is 5.02 Å².